The van der Waals surface area contributed by atoms with Crippen LogP contribution < -0.4 is 10.4 Å². The van der Waals surface area contributed by atoms with Crippen molar-refractivity contribution in [3.8, 4) is 5.75 Å². The van der Waals surface area contributed by atoms with Gasteiger partial charge in [-0.25, -0.2) is 9.59 Å². The first kappa shape index (κ1) is 18.6. The normalized spacial score (nSPS) is 13.9. The summed E-state index contributed by atoms with van der Waals surface area (Å²) >= 11 is 6.46. The molecule has 0 aliphatic heterocycles. The Bertz CT molecular complexity index is 1090. The lowest BCUT2D eigenvalue weighted by molar-refractivity contribution is -0.151. The highest BCUT2D eigenvalue weighted by Gasteiger charge is 2.26. The summed E-state index contributed by atoms with van der Waals surface area (Å²) in [7, 11) is 0. The molecule has 6 heteroatoms. The maximum atomic E-state index is 12.5. The van der Waals surface area contributed by atoms with Crippen molar-refractivity contribution in [1.29, 1.82) is 0 Å². The molecule has 3 aromatic rings. The fourth-order valence-electron chi connectivity index (χ4n) is 3.60. The van der Waals surface area contributed by atoms with Crippen molar-refractivity contribution in [2.24, 2.45) is 0 Å². The lowest BCUT2D eigenvalue weighted by Gasteiger charge is -2.19. The second-order valence-electron chi connectivity index (χ2n) is 6.64. The summed E-state index contributed by atoms with van der Waals surface area (Å²) in [6, 6.07) is 12.4. The Hall–Kier alpha value is -2.79. The minimum atomic E-state index is -0.975. The molecule has 5 nitrogen and oxygen atoms in total. The lowest BCUT2D eigenvalue weighted by Crippen LogP contribution is -2.21. The molecule has 1 aliphatic rings. The first-order valence-corrected chi connectivity index (χ1v) is 9.62. The van der Waals surface area contributed by atoms with E-state index in [1.807, 2.05) is 18.2 Å². The zero-order chi connectivity index (χ0) is 19.7. The quantitative estimate of drug-likeness (QED) is 0.463. The van der Waals surface area contributed by atoms with Gasteiger partial charge in [0.15, 0.2) is 0 Å². The van der Waals surface area contributed by atoms with Gasteiger partial charge in [-0.15, -0.1) is 0 Å². The van der Waals surface area contributed by atoms with Crippen LogP contribution in [0.25, 0.3) is 11.0 Å². The fraction of sp³-hybridized carbons (Fsp3) is 0.273. The van der Waals surface area contributed by atoms with Crippen LogP contribution in [0.5, 0.6) is 5.75 Å². The summed E-state index contributed by atoms with van der Waals surface area (Å²) < 4.78 is 16.6. The van der Waals surface area contributed by atoms with Gasteiger partial charge in [0.1, 0.15) is 11.3 Å². The highest BCUT2D eigenvalue weighted by Crippen LogP contribution is 2.36. The summed E-state index contributed by atoms with van der Waals surface area (Å²) in [6.07, 6.45) is 1.50. The average molecular weight is 399 g/mol. The Morgan fingerprint density at radius 3 is 2.68 bits per heavy atom. The SMILES string of the molecule is CCOC(=O)C(Oc1cc2oc(=O)c3c(c2cc1Cl)CCC3)c1ccccc1. The van der Waals surface area contributed by atoms with Crippen molar-refractivity contribution in [2.45, 2.75) is 32.3 Å². The molecule has 28 heavy (non-hydrogen) atoms. The van der Waals surface area contributed by atoms with E-state index < -0.39 is 12.1 Å². The largest absolute Gasteiger partial charge is 0.472 e. The predicted octanol–water partition coefficient (Wildman–Crippen LogP) is 4.62. The topological polar surface area (TPSA) is 65.7 Å². The monoisotopic (exact) mass is 398 g/mol. The maximum Gasteiger partial charge on any atom is 0.352 e. The Morgan fingerprint density at radius 1 is 1.18 bits per heavy atom. The molecule has 0 N–H and O–H groups in total. The van der Waals surface area contributed by atoms with E-state index in [1.165, 1.54) is 0 Å². The Labute approximate surface area is 166 Å². The summed E-state index contributed by atoms with van der Waals surface area (Å²) in [6.45, 7) is 1.97. The van der Waals surface area contributed by atoms with E-state index in [2.05, 4.69) is 0 Å². The van der Waals surface area contributed by atoms with E-state index in [1.54, 1.807) is 31.2 Å². The van der Waals surface area contributed by atoms with Gasteiger partial charge in [-0.05, 0) is 37.8 Å². The Kier molecular flexibility index (Phi) is 5.09. The third-order valence-electron chi connectivity index (χ3n) is 4.87. The highest BCUT2D eigenvalue weighted by molar-refractivity contribution is 6.32. The molecule has 0 fully saturated rings. The summed E-state index contributed by atoms with van der Waals surface area (Å²) in [5.41, 5.74) is 2.45. The van der Waals surface area contributed by atoms with E-state index in [4.69, 9.17) is 25.5 Å². The van der Waals surface area contributed by atoms with Crippen LogP contribution >= 0.6 is 11.6 Å². The van der Waals surface area contributed by atoms with Gasteiger partial charge >= 0.3 is 11.6 Å². The molecular formula is C22H19ClO5. The number of hydrogen-bond donors (Lipinski definition) is 0. The van der Waals surface area contributed by atoms with Crippen LogP contribution in [-0.4, -0.2) is 12.6 Å². The molecule has 0 saturated carbocycles. The first-order chi connectivity index (χ1) is 13.6. The maximum absolute atomic E-state index is 12.5. The highest BCUT2D eigenvalue weighted by atomic mass is 35.5. The molecule has 4 rings (SSSR count). The average Bonchev–Trinajstić information content (AvgIpc) is 3.19. The molecule has 0 saturated heterocycles. The number of benzene rings is 2. The van der Waals surface area contributed by atoms with Crippen LogP contribution in [0.2, 0.25) is 5.02 Å². The van der Waals surface area contributed by atoms with Crippen LogP contribution in [0.1, 0.15) is 36.1 Å². The van der Waals surface area contributed by atoms with Crippen molar-refractivity contribution in [2.75, 3.05) is 6.61 Å². The van der Waals surface area contributed by atoms with Crippen molar-refractivity contribution in [3.05, 3.63) is 74.6 Å². The molecule has 1 aliphatic carbocycles. The number of halogens is 1. The number of carbonyl (C=O) groups is 1. The number of fused-ring (bicyclic) bond motifs is 3. The van der Waals surface area contributed by atoms with Crippen LogP contribution in [0.15, 0.2) is 51.7 Å². The van der Waals surface area contributed by atoms with Gasteiger partial charge in [-0.1, -0.05) is 41.9 Å². The van der Waals surface area contributed by atoms with Crippen LogP contribution in [-0.2, 0) is 22.4 Å². The number of esters is 1. The molecule has 0 amide bonds. The van der Waals surface area contributed by atoms with Gasteiger partial charge in [0.2, 0.25) is 6.10 Å². The number of rotatable bonds is 5. The van der Waals surface area contributed by atoms with Gasteiger partial charge in [0.05, 0.1) is 11.6 Å². The van der Waals surface area contributed by atoms with Gasteiger partial charge in [0, 0.05) is 22.6 Å². The molecular weight excluding hydrogens is 380 g/mol. The first-order valence-electron chi connectivity index (χ1n) is 9.25. The second-order valence-corrected chi connectivity index (χ2v) is 7.05. The number of aryl methyl sites for hydroxylation is 1. The third-order valence-corrected chi connectivity index (χ3v) is 5.17. The number of ether oxygens (including phenoxy) is 2. The molecule has 2 aromatic carbocycles. The molecule has 0 spiro atoms. The Morgan fingerprint density at radius 2 is 1.93 bits per heavy atom. The van der Waals surface area contributed by atoms with Gasteiger partial charge in [0.25, 0.3) is 0 Å². The van der Waals surface area contributed by atoms with Crippen LogP contribution in [0.4, 0.5) is 0 Å². The molecule has 0 bridgehead atoms. The zero-order valence-electron chi connectivity index (χ0n) is 15.4. The van der Waals surface area contributed by atoms with Crippen molar-refractivity contribution in [3.63, 3.8) is 0 Å². The summed E-state index contributed by atoms with van der Waals surface area (Å²) in [5.74, 6) is -0.252. The number of hydrogen-bond acceptors (Lipinski definition) is 5. The molecule has 1 unspecified atom stereocenters. The smallest absolute Gasteiger partial charge is 0.352 e. The summed E-state index contributed by atoms with van der Waals surface area (Å²) in [4.78, 5) is 24.7. The van der Waals surface area contributed by atoms with Crippen LogP contribution in [0, 0.1) is 0 Å². The predicted molar refractivity (Wildman–Crippen MR) is 106 cm³/mol. The van der Waals surface area contributed by atoms with E-state index in [0.717, 1.165) is 35.8 Å². The van der Waals surface area contributed by atoms with Gasteiger partial charge < -0.3 is 13.9 Å². The van der Waals surface area contributed by atoms with Gasteiger partial charge in [-0.2, -0.15) is 0 Å². The zero-order valence-corrected chi connectivity index (χ0v) is 16.1. The van der Waals surface area contributed by atoms with Crippen molar-refractivity contribution in [1.82, 2.24) is 0 Å². The van der Waals surface area contributed by atoms with Crippen molar-refractivity contribution >= 4 is 28.5 Å². The lowest BCUT2D eigenvalue weighted by atomic mass is 10.1. The van der Waals surface area contributed by atoms with Crippen LogP contribution in [0.3, 0.4) is 0 Å². The van der Waals surface area contributed by atoms with Crippen molar-refractivity contribution < 1.29 is 18.7 Å². The molecule has 0 radical (unpaired) electrons. The Balaban J connectivity index is 1.77. The van der Waals surface area contributed by atoms with Gasteiger partial charge in [-0.3, -0.25) is 0 Å². The standard InChI is InChI=1S/C22H19ClO5/c1-2-26-22(25)20(13-7-4-3-5-8-13)27-19-12-18-16(11-17(19)23)14-9-6-10-15(14)21(24)28-18/h3-5,7-8,11-12,20H,2,6,9-10H2,1H3. The fourth-order valence-corrected chi connectivity index (χ4v) is 3.81. The third kappa shape index (κ3) is 3.38. The summed E-state index contributed by atoms with van der Waals surface area (Å²) in [5, 5.41) is 1.16. The minimum Gasteiger partial charge on any atom is -0.472 e. The van der Waals surface area contributed by atoms with E-state index in [9.17, 15) is 9.59 Å². The minimum absolute atomic E-state index is 0.234. The van der Waals surface area contributed by atoms with E-state index in [-0.39, 0.29) is 18.0 Å². The number of carbonyl (C=O) groups excluding carboxylic acids is 1. The van der Waals surface area contributed by atoms with E-state index >= 15 is 0 Å². The molecule has 1 aromatic heterocycles. The second kappa shape index (κ2) is 7.68. The molecule has 144 valence electrons. The molecule has 1 heterocycles. The molecule has 1 atom stereocenters. The van der Waals surface area contributed by atoms with E-state index in [0.29, 0.717) is 16.2 Å².